The number of anilines is 1. The summed E-state index contributed by atoms with van der Waals surface area (Å²) in [5.74, 6) is -0.0468. The first kappa shape index (κ1) is 22.7. The Morgan fingerprint density at radius 2 is 1.79 bits per heavy atom. The van der Waals surface area contributed by atoms with Crippen LogP contribution in [0.25, 0.3) is 0 Å². The molecule has 29 heavy (non-hydrogen) atoms. The van der Waals surface area contributed by atoms with Crippen LogP contribution in [0.1, 0.15) is 36.2 Å². The molecule has 2 rings (SSSR count). The molecule has 8 heteroatoms. The van der Waals surface area contributed by atoms with Crippen molar-refractivity contribution in [3.63, 3.8) is 0 Å². The molecule has 0 aliphatic heterocycles. The highest BCUT2D eigenvalue weighted by Crippen LogP contribution is 2.21. The van der Waals surface area contributed by atoms with E-state index in [1.807, 2.05) is 38.1 Å². The molecular weight excluding hydrogens is 392 g/mol. The van der Waals surface area contributed by atoms with Gasteiger partial charge in [-0.1, -0.05) is 26.0 Å². The molecule has 0 saturated carbocycles. The van der Waals surface area contributed by atoms with Crippen molar-refractivity contribution in [3.8, 4) is 5.75 Å². The third-order valence-electron chi connectivity index (χ3n) is 4.43. The molecule has 0 bridgehead atoms. The highest BCUT2D eigenvalue weighted by molar-refractivity contribution is 7.89. The van der Waals surface area contributed by atoms with Crippen molar-refractivity contribution in [1.29, 1.82) is 0 Å². The fourth-order valence-corrected chi connectivity index (χ4v) is 3.79. The maximum absolute atomic E-state index is 12.4. The van der Waals surface area contributed by atoms with Crippen molar-refractivity contribution in [2.75, 3.05) is 25.5 Å². The Labute approximate surface area is 172 Å². The SMILES string of the molecule is COc1ccc(CCNc2ccc(S(=O)(=O)NCCC(C)C)cc2C(=O)O)cc1. The van der Waals surface area contributed by atoms with Gasteiger partial charge in [0.25, 0.3) is 0 Å². The third-order valence-corrected chi connectivity index (χ3v) is 5.89. The molecule has 0 unspecified atom stereocenters. The van der Waals surface area contributed by atoms with Crippen molar-refractivity contribution in [2.45, 2.75) is 31.6 Å². The molecule has 0 radical (unpaired) electrons. The van der Waals surface area contributed by atoms with E-state index in [-0.39, 0.29) is 10.5 Å². The van der Waals surface area contributed by atoms with Gasteiger partial charge in [-0.3, -0.25) is 0 Å². The number of methoxy groups -OCH3 is 1. The maximum Gasteiger partial charge on any atom is 0.337 e. The van der Waals surface area contributed by atoms with Crippen molar-refractivity contribution in [1.82, 2.24) is 4.72 Å². The predicted octanol–water partition coefficient (Wildman–Crippen LogP) is 3.37. The summed E-state index contributed by atoms with van der Waals surface area (Å²) in [4.78, 5) is 11.6. The van der Waals surface area contributed by atoms with E-state index in [0.717, 1.165) is 11.3 Å². The van der Waals surface area contributed by atoms with Gasteiger partial charge in [-0.15, -0.1) is 0 Å². The van der Waals surface area contributed by atoms with E-state index in [9.17, 15) is 18.3 Å². The number of aromatic carboxylic acids is 1. The zero-order valence-corrected chi connectivity index (χ0v) is 17.8. The first-order chi connectivity index (χ1) is 13.7. The summed E-state index contributed by atoms with van der Waals surface area (Å²) in [6.45, 7) is 4.82. The van der Waals surface area contributed by atoms with Crippen LogP contribution in [0.2, 0.25) is 0 Å². The monoisotopic (exact) mass is 420 g/mol. The lowest BCUT2D eigenvalue weighted by Crippen LogP contribution is -2.26. The number of benzene rings is 2. The molecule has 0 fully saturated rings. The second kappa shape index (κ2) is 10.3. The average Bonchev–Trinajstić information content (AvgIpc) is 2.68. The number of carboxylic acid groups (broad SMARTS) is 1. The van der Waals surface area contributed by atoms with Crippen LogP contribution < -0.4 is 14.8 Å². The number of hydrogen-bond acceptors (Lipinski definition) is 5. The highest BCUT2D eigenvalue weighted by atomic mass is 32.2. The number of sulfonamides is 1. The topological polar surface area (TPSA) is 105 Å². The van der Waals surface area contributed by atoms with E-state index in [4.69, 9.17) is 4.74 Å². The Morgan fingerprint density at radius 3 is 2.38 bits per heavy atom. The van der Waals surface area contributed by atoms with Crippen LogP contribution in [0.5, 0.6) is 5.75 Å². The molecule has 158 valence electrons. The second-order valence-corrected chi connectivity index (χ2v) is 8.88. The Morgan fingerprint density at radius 1 is 1.10 bits per heavy atom. The van der Waals surface area contributed by atoms with Gasteiger partial charge in [-0.2, -0.15) is 0 Å². The lowest BCUT2D eigenvalue weighted by molar-refractivity contribution is 0.0697. The minimum Gasteiger partial charge on any atom is -0.497 e. The standard InChI is InChI=1S/C21H28N2O5S/c1-15(2)10-13-23-29(26,27)18-8-9-20(19(14-18)21(24)25)22-12-11-16-4-6-17(28-3)7-5-16/h4-9,14-15,22-23H,10-13H2,1-3H3,(H,24,25). The van der Waals surface area contributed by atoms with Gasteiger partial charge >= 0.3 is 5.97 Å². The van der Waals surface area contributed by atoms with Crippen molar-refractivity contribution in [3.05, 3.63) is 53.6 Å². The van der Waals surface area contributed by atoms with Gasteiger partial charge in [0.05, 0.1) is 17.6 Å². The Hall–Kier alpha value is -2.58. The zero-order valence-electron chi connectivity index (χ0n) is 16.9. The van der Waals surface area contributed by atoms with E-state index in [2.05, 4.69) is 10.0 Å². The van der Waals surface area contributed by atoms with E-state index >= 15 is 0 Å². The molecule has 7 nitrogen and oxygen atoms in total. The van der Waals surface area contributed by atoms with Gasteiger partial charge in [0, 0.05) is 18.8 Å². The molecule has 0 aliphatic rings. The molecule has 0 heterocycles. The van der Waals surface area contributed by atoms with Crippen LogP contribution in [0, 0.1) is 5.92 Å². The molecule has 0 aliphatic carbocycles. The van der Waals surface area contributed by atoms with Crippen LogP contribution in [-0.4, -0.2) is 39.7 Å². The summed E-state index contributed by atoms with van der Waals surface area (Å²) in [7, 11) is -2.15. The summed E-state index contributed by atoms with van der Waals surface area (Å²) >= 11 is 0. The number of ether oxygens (including phenoxy) is 1. The number of carboxylic acids is 1. The molecule has 2 aromatic rings. The Balaban J connectivity index is 2.07. The number of nitrogens with one attached hydrogen (secondary N) is 2. The van der Waals surface area contributed by atoms with Crippen LogP contribution in [0.4, 0.5) is 5.69 Å². The maximum atomic E-state index is 12.4. The largest absolute Gasteiger partial charge is 0.497 e. The predicted molar refractivity (Wildman–Crippen MR) is 113 cm³/mol. The van der Waals surface area contributed by atoms with Gasteiger partial charge in [0.15, 0.2) is 0 Å². The molecule has 0 spiro atoms. The fourth-order valence-electron chi connectivity index (χ4n) is 2.72. The summed E-state index contributed by atoms with van der Waals surface area (Å²) in [5.41, 5.74) is 1.38. The van der Waals surface area contributed by atoms with Crippen LogP contribution in [0.3, 0.4) is 0 Å². The zero-order chi connectivity index (χ0) is 21.4. The van der Waals surface area contributed by atoms with Gasteiger partial charge in [-0.05, 0) is 54.7 Å². The summed E-state index contributed by atoms with van der Waals surface area (Å²) in [5, 5.41) is 12.6. The molecule has 0 aromatic heterocycles. The second-order valence-electron chi connectivity index (χ2n) is 7.12. The molecule has 0 saturated heterocycles. The van der Waals surface area contributed by atoms with Gasteiger partial charge in [0.1, 0.15) is 5.75 Å². The minimum absolute atomic E-state index is 0.0561. The Bertz CT molecular complexity index is 925. The number of hydrogen-bond donors (Lipinski definition) is 3. The van der Waals surface area contributed by atoms with Gasteiger partial charge < -0.3 is 15.2 Å². The van der Waals surface area contributed by atoms with E-state index in [1.165, 1.54) is 18.2 Å². The molecule has 0 amide bonds. The summed E-state index contributed by atoms with van der Waals surface area (Å²) in [6.07, 6.45) is 1.38. The quantitative estimate of drug-likeness (QED) is 0.515. The van der Waals surface area contributed by atoms with Crippen LogP contribution in [-0.2, 0) is 16.4 Å². The molecule has 3 N–H and O–H groups in total. The average molecular weight is 421 g/mol. The van der Waals surface area contributed by atoms with Crippen molar-refractivity contribution >= 4 is 21.7 Å². The van der Waals surface area contributed by atoms with Crippen molar-refractivity contribution < 1.29 is 23.1 Å². The van der Waals surface area contributed by atoms with E-state index in [1.54, 1.807) is 7.11 Å². The smallest absolute Gasteiger partial charge is 0.337 e. The lowest BCUT2D eigenvalue weighted by atomic mass is 10.1. The molecule has 2 aromatic carbocycles. The highest BCUT2D eigenvalue weighted by Gasteiger charge is 2.18. The summed E-state index contributed by atoms with van der Waals surface area (Å²) in [6, 6.07) is 11.7. The summed E-state index contributed by atoms with van der Waals surface area (Å²) < 4.78 is 32.5. The fraction of sp³-hybridized carbons (Fsp3) is 0.381. The van der Waals surface area contributed by atoms with Crippen LogP contribution >= 0.6 is 0 Å². The third kappa shape index (κ3) is 6.76. The Kier molecular flexibility index (Phi) is 8.04. The lowest BCUT2D eigenvalue weighted by Gasteiger charge is -2.13. The first-order valence-electron chi connectivity index (χ1n) is 9.46. The van der Waals surface area contributed by atoms with Gasteiger partial charge in [0.2, 0.25) is 10.0 Å². The molecular formula is C21H28N2O5S. The minimum atomic E-state index is -3.75. The van der Waals surface area contributed by atoms with Crippen molar-refractivity contribution in [2.24, 2.45) is 5.92 Å². The van der Waals surface area contributed by atoms with Crippen LogP contribution in [0.15, 0.2) is 47.4 Å². The normalized spacial score (nSPS) is 11.4. The van der Waals surface area contributed by atoms with Gasteiger partial charge in [-0.25, -0.2) is 17.9 Å². The number of rotatable bonds is 11. The van der Waals surface area contributed by atoms with E-state index < -0.39 is 16.0 Å². The molecule has 0 atom stereocenters. The number of carbonyl (C=O) groups is 1. The van der Waals surface area contributed by atoms with E-state index in [0.29, 0.717) is 37.5 Å². The first-order valence-corrected chi connectivity index (χ1v) is 10.9.